The van der Waals surface area contributed by atoms with Crippen molar-refractivity contribution in [2.75, 3.05) is 0 Å². The number of rotatable bonds is 2. The Hall–Kier alpha value is -1.28. The zero-order valence-corrected chi connectivity index (χ0v) is 8.67. The average molecular weight is 211 g/mol. The van der Waals surface area contributed by atoms with Gasteiger partial charge in [-0.05, 0) is 18.6 Å². The molecule has 0 unspecified atom stereocenters. The third-order valence-corrected chi connectivity index (χ3v) is 2.10. The Bertz CT molecular complexity index is 497. The Morgan fingerprint density at radius 3 is 2.86 bits per heavy atom. The summed E-state index contributed by atoms with van der Waals surface area (Å²) < 4.78 is 5.01. The molecule has 0 saturated carbocycles. The second kappa shape index (κ2) is 4.82. The van der Waals surface area contributed by atoms with Crippen molar-refractivity contribution >= 4 is 23.8 Å². The highest BCUT2D eigenvalue weighted by atomic mass is 35.5. The Morgan fingerprint density at radius 2 is 2.36 bits per heavy atom. The van der Waals surface area contributed by atoms with Crippen molar-refractivity contribution in [1.29, 1.82) is 0 Å². The predicted octanol–water partition coefficient (Wildman–Crippen LogP) is 1.15. The summed E-state index contributed by atoms with van der Waals surface area (Å²) in [5.41, 5.74) is 0.892. The van der Waals surface area contributed by atoms with Crippen LogP contribution in [-0.2, 0) is 5.88 Å². The highest BCUT2D eigenvalue weighted by Gasteiger charge is 1.98. The summed E-state index contributed by atoms with van der Waals surface area (Å²) in [6.07, 6.45) is 5.08. The molecule has 0 radical (unpaired) electrons. The molecule has 1 aromatic heterocycles. The highest BCUT2D eigenvalue weighted by Crippen LogP contribution is 1.90. The van der Waals surface area contributed by atoms with E-state index in [-0.39, 0.29) is 5.63 Å². The van der Waals surface area contributed by atoms with Gasteiger partial charge in [-0.1, -0.05) is 18.7 Å². The van der Waals surface area contributed by atoms with Gasteiger partial charge >= 0.3 is 5.63 Å². The van der Waals surface area contributed by atoms with Gasteiger partial charge in [-0.2, -0.15) is 0 Å². The molecule has 1 aromatic rings. The van der Waals surface area contributed by atoms with E-state index in [2.05, 4.69) is 6.58 Å². The first kappa shape index (κ1) is 10.8. The van der Waals surface area contributed by atoms with Crippen LogP contribution < -0.4 is 16.3 Å². The van der Waals surface area contributed by atoms with E-state index in [9.17, 15) is 4.79 Å². The molecule has 3 heteroatoms. The number of hydrogen-bond acceptors (Lipinski definition) is 2. The third-order valence-electron chi connectivity index (χ3n) is 1.82. The summed E-state index contributed by atoms with van der Waals surface area (Å²) in [7, 11) is 0. The highest BCUT2D eigenvalue weighted by molar-refractivity contribution is 6.17. The van der Waals surface area contributed by atoms with E-state index in [4.69, 9.17) is 16.0 Å². The van der Waals surface area contributed by atoms with Crippen LogP contribution in [0.2, 0.25) is 0 Å². The van der Waals surface area contributed by atoms with Crippen molar-refractivity contribution in [1.82, 2.24) is 0 Å². The lowest BCUT2D eigenvalue weighted by molar-refractivity contribution is 0.471. The van der Waals surface area contributed by atoms with Gasteiger partial charge in [-0.25, -0.2) is 4.79 Å². The van der Waals surface area contributed by atoms with Gasteiger partial charge in [0.15, 0.2) is 0 Å². The van der Waals surface area contributed by atoms with E-state index in [1.165, 1.54) is 6.07 Å². The molecule has 1 heterocycles. The van der Waals surface area contributed by atoms with Gasteiger partial charge in [0, 0.05) is 17.2 Å². The topological polar surface area (TPSA) is 30.2 Å². The van der Waals surface area contributed by atoms with Crippen molar-refractivity contribution < 1.29 is 4.42 Å². The molecule has 74 valence electrons. The molecule has 0 aliphatic heterocycles. The minimum Gasteiger partial charge on any atom is -0.423 e. The molecule has 0 atom stereocenters. The fourth-order valence-electron chi connectivity index (χ4n) is 1.24. The van der Waals surface area contributed by atoms with Crippen LogP contribution in [-0.4, -0.2) is 0 Å². The van der Waals surface area contributed by atoms with Gasteiger partial charge in [-0.15, -0.1) is 11.6 Å². The van der Waals surface area contributed by atoms with Crippen LogP contribution in [0.25, 0.3) is 12.2 Å². The van der Waals surface area contributed by atoms with Gasteiger partial charge in [0.25, 0.3) is 0 Å². The first-order chi connectivity index (χ1) is 6.72. The third kappa shape index (κ3) is 2.15. The number of halogens is 1. The smallest absolute Gasteiger partial charge is 0.336 e. The molecule has 0 aliphatic rings. The van der Waals surface area contributed by atoms with E-state index >= 15 is 0 Å². The molecule has 0 bridgehead atoms. The summed E-state index contributed by atoms with van der Waals surface area (Å²) in [5.74, 6) is 0.295. The number of hydrogen-bond donors (Lipinski definition) is 0. The fraction of sp³-hybridized carbons (Fsp3) is 0.182. The zero-order valence-electron chi connectivity index (χ0n) is 7.92. The maximum Gasteiger partial charge on any atom is 0.336 e. The Labute approximate surface area is 86.8 Å². The normalized spacial score (nSPS) is 13.3. The molecule has 0 spiro atoms. The van der Waals surface area contributed by atoms with Gasteiger partial charge in [-0.3, -0.25) is 0 Å². The molecule has 14 heavy (non-hydrogen) atoms. The lowest BCUT2D eigenvalue weighted by Crippen LogP contribution is -2.31. The standard InChI is InChI=1S/C11H11ClO2/c1-3-5-10-9(4-2)8(7-12)6-11(13)14-10/h3-6H,1,7H2,2H3/b9-4-,10-5+. The van der Waals surface area contributed by atoms with Crippen LogP contribution in [0.5, 0.6) is 0 Å². The maximum absolute atomic E-state index is 11.1. The van der Waals surface area contributed by atoms with Crippen molar-refractivity contribution in [3.63, 3.8) is 0 Å². The molecular formula is C11H11ClO2. The second-order valence-electron chi connectivity index (χ2n) is 2.69. The van der Waals surface area contributed by atoms with Crippen LogP contribution in [0, 0.1) is 0 Å². The van der Waals surface area contributed by atoms with Crippen LogP contribution in [0.15, 0.2) is 27.9 Å². The van der Waals surface area contributed by atoms with Crippen LogP contribution in [0.3, 0.4) is 0 Å². The first-order valence-electron chi connectivity index (χ1n) is 4.21. The van der Waals surface area contributed by atoms with Crippen molar-refractivity contribution in [2.45, 2.75) is 12.8 Å². The second-order valence-corrected chi connectivity index (χ2v) is 2.96. The monoisotopic (exact) mass is 210 g/mol. The van der Waals surface area contributed by atoms with Crippen molar-refractivity contribution in [3.8, 4) is 0 Å². The number of allylic oxidation sites excluding steroid dienone is 1. The van der Waals surface area contributed by atoms with Crippen molar-refractivity contribution in [3.05, 3.63) is 45.3 Å². The molecule has 0 N–H and O–H groups in total. The molecule has 0 fully saturated rings. The van der Waals surface area contributed by atoms with Crippen LogP contribution in [0.4, 0.5) is 0 Å². The Kier molecular flexibility index (Phi) is 3.72. The van der Waals surface area contributed by atoms with E-state index in [1.807, 2.05) is 13.0 Å². The van der Waals surface area contributed by atoms with Gasteiger partial charge in [0.05, 0.1) is 0 Å². The first-order valence-corrected chi connectivity index (χ1v) is 4.74. The summed E-state index contributed by atoms with van der Waals surface area (Å²) in [6.45, 7) is 5.42. The summed E-state index contributed by atoms with van der Waals surface area (Å²) >= 11 is 5.71. The molecule has 0 amide bonds. The van der Waals surface area contributed by atoms with Crippen LogP contribution >= 0.6 is 11.6 Å². The van der Waals surface area contributed by atoms with E-state index < -0.39 is 0 Å². The molecule has 0 aliphatic carbocycles. The van der Waals surface area contributed by atoms with Crippen LogP contribution in [0.1, 0.15) is 12.5 Å². The summed E-state index contributed by atoms with van der Waals surface area (Å²) in [4.78, 5) is 11.1. The molecule has 0 saturated heterocycles. The molecule has 0 aromatic carbocycles. The van der Waals surface area contributed by atoms with Crippen molar-refractivity contribution in [2.24, 2.45) is 0 Å². The fourth-order valence-corrected chi connectivity index (χ4v) is 1.46. The van der Waals surface area contributed by atoms with Gasteiger partial charge in [0.1, 0.15) is 5.42 Å². The lowest BCUT2D eigenvalue weighted by Gasteiger charge is -1.95. The summed E-state index contributed by atoms with van der Waals surface area (Å²) in [5, 5.41) is 0.847. The summed E-state index contributed by atoms with van der Waals surface area (Å²) in [6, 6.07) is 1.41. The zero-order chi connectivity index (χ0) is 10.6. The average Bonchev–Trinajstić information content (AvgIpc) is 2.17. The van der Waals surface area contributed by atoms with E-state index in [1.54, 1.807) is 12.2 Å². The van der Waals surface area contributed by atoms with Gasteiger partial charge < -0.3 is 4.42 Å². The predicted molar refractivity (Wildman–Crippen MR) is 58.6 cm³/mol. The molecular weight excluding hydrogens is 200 g/mol. The quantitative estimate of drug-likeness (QED) is 0.686. The minimum atomic E-state index is -0.389. The maximum atomic E-state index is 11.1. The SMILES string of the molecule is C=C/C=c1/oc(=O)cc(CCl)/c1=C/C. The largest absolute Gasteiger partial charge is 0.423 e. The van der Waals surface area contributed by atoms with Gasteiger partial charge in [0.2, 0.25) is 0 Å². The minimum absolute atomic E-state index is 0.295. The Balaban J connectivity index is 3.75. The molecule has 2 nitrogen and oxygen atoms in total. The Morgan fingerprint density at radius 1 is 1.64 bits per heavy atom. The van der Waals surface area contributed by atoms with E-state index in [0.717, 1.165) is 10.8 Å². The lowest BCUT2D eigenvalue weighted by atomic mass is 10.2. The number of alkyl halides is 1. The van der Waals surface area contributed by atoms with E-state index in [0.29, 0.717) is 11.3 Å². The molecule has 1 rings (SSSR count).